The Hall–Kier alpha value is -0.860. The molecule has 0 spiro atoms. The lowest BCUT2D eigenvalue weighted by Gasteiger charge is -2.35. The smallest absolute Gasteiger partial charge is 0.193 e. The molecular weight excluding hydrogens is 501 g/mol. The number of hydrogen-bond acceptors (Lipinski definition) is 3. The largest absolute Gasteiger partial charge is 0.376 e. The molecule has 176 valence electrons. The Morgan fingerprint density at radius 3 is 2.58 bits per heavy atom. The normalized spacial score (nSPS) is 21.0. The molecule has 1 unspecified atom stereocenters. The van der Waals surface area contributed by atoms with E-state index >= 15 is 0 Å². The van der Waals surface area contributed by atoms with Gasteiger partial charge in [-0.1, -0.05) is 38.1 Å². The Kier molecular flexibility index (Phi) is 11.1. The lowest BCUT2D eigenvalue weighted by atomic mass is 9.82. The molecule has 1 N–H and O–H groups in total. The molecule has 0 aliphatic carbocycles. The van der Waals surface area contributed by atoms with Gasteiger partial charge < -0.3 is 19.7 Å². The Balaban J connectivity index is 0.00000341. The van der Waals surface area contributed by atoms with Crippen molar-refractivity contribution >= 4 is 29.9 Å². The fourth-order valence-electron chi connectivity index (χ4n) is 4.53. The summed E-state index contributed by atoms with van der Waals surface area (Å²) in [5, 5.41) is 3.50. The van der Waals surface area contributed by atoms with Crippen LogP contribution in [0, 0.1) is 6.92 Å². The molecule has 2 saturated heterocycles. The molecule has 5 nitrogen and oxygen atoms in total. The molecule has 3 rings (SSSR count). The number of ether oxygens (including phenoxy) is 2. The van der Waals surface area contributed by atoms with Crippen LogP contribution in [-0.4, -0.2) is 62.5 Å². The van der Waals surface area contributed by atoms with Gasteiger partial charge in [-0.15, -0.1) is 24.0 Å². The van der Waals surface area contributed by atoms with Crippen LogP contribution in [-0.2, 0) is 14.9 Å². The second-order valence-electron chi connectivity index (χ2n) is 9.38. The van der Waals surface area contributed by atoms with Gasteiger partial charge >= 0.3 is 0 Å². The van der Waals surface area contributed by atoms with E-state index < -0.39 is 0 Å². The average Bonchev–Trinajstić information content (AvgIpc) is 2.76. The summed E-state index contributed by atoms with van der Waals surface area (Å²) in [5.41, 5.74) is 2.72. The van der Waals surface area contributed by atoms with Crippen molar-refractivity contribution in [3.8, 4) is 0 Å². The summed E-state index contributed by atoms with van der Waals surface area (Å²) >= 11 is 0. The maximum absolute atomic E-state index is 6.18. The number of nitrogens with one attached hydrogen (secondary N) is 1. The molecule has 1 aromatic carbocycles. The third kappa shape index (κ3) is 7.90. The minimum Gasteiger partial charge on any atom is -0.376 e. The summed E-state index contributed by atoms with van der Waals surface area (Å²) in [7, 11) is 0. The summed E-state index contributed by atoms with van der Waals surface area (Å²) in [6, 6.07) is 8.66. The molecule has 6 heteroatoms. The van der Waals surface area contributed by atoms with E-state index in [1.54, 1.807) is 0 Å². The Morgan fingerprint density at radius 1 is 1.19 bits per heavy atom. The van der Waals surface area contributed by atoms with E-state index in [1.165, 1.54) is 24.0 Å². The van der Waals surface area contributed by atoms with Gasteiger partial charge in [0.15, 0.2) is 5.96 Å². The lowest BCUT2D eigenvalue weighted by molar-refractivity contribution is -0.0721. The van der Waals surface area contributed by atoms with E-state index in [0.717, 1.165) is 64.6 Å². The van der Waals surface area contributed by atoms with E-state index in [2.05, 4.69) is 62.2 Å². The molecule has 1 aromatic rings. The first kappa shape index (κ1) is 26.4. The number of rotatable bonds is 7. The van der Waals surface area contributed by atoms with Crippen LogP contribution in [0.4, 0.5) is 0 Å². The lowest BCUT2D eigenvalue weighted by Crippen LogP contribution is -2.47. The van der Waals surface area contributed by atoms with Crippen LogP contribution in [0.3, 0.4) is 0 Å². The van der Waals surface area contributed by atoms with E-state index in [-0.39, 0.29) is 29.4 Å². The maximum Gasteiger partial charge on any atom is 0.193 e. The number of piperidine rings is 1. The number of aryl methyl sites for hydroxylation is 1. The van der Waals surface area contributed by atoms with Crippen LogP contribution in [0.25, 0.3) is 0 Å². The van der Waals surface area contributed by atoms with Crippen LogP contribution in [0.1, 0.15) is 64.0 Å². The van der Waals surface area contributed by atoms with Gasteiger partial charge in [-0.2, -0.15) is 0 Å². The third-order valence-electron chi connectivity index (χ3n) is 6.37. The quantitative estimate of drug-likeness (QED) is 0.302. The van der Waals surface area contributed by atoms with E-state index in [4.69, 9.17) is 14.5 Å². The third-order valence-corrected chi connectivity index (χ3v) is 6.37. The highest BCUT2D eigenvalue weighted by molar-refractivity contribution is 14.0. The number of aliphatic imine (C=N–C) groups is 1. The summed E-state index contributed by atoms with van der Waals surface area (Å²) in [6.45, 7) is 14.2. The van der Waals surface area contributed by atoms with Crippen LogP contribution in [0.5, 0.6) is 0 Å². The first-order chi connectivity index (χ1) is 14.5. The molecule has 2 fully saturated rings. The highest BCUT2D eigenvalue weighted by Gasteiger charge is 2.26. The Bertz CT molecular complexity index is 681. The predicted molar refractivity (Wildman–Crippen MR) is 140 cm³/mol. The zero-order valence-electron chi connectivity index (χ0n) is 19.9. The summed E-state index contributed by atoms with van der Waals surface area (Å²) in [5.74, 6) is 1.04. The molecule has 2 aliphatic rings. The van der Waals surface area contributed by atoms with Crippen LogP contribution in [0.2, 0.25) is 0 Å². The van der Waals surface area contributed by atoms with E-state index in [0.29, 0.717) is 12.2 Å². The van der Waals surface area contributed by atoms with Crippen molar-refractivity contribution in [3.05, 3.63) is 35.4 Å². The van der Waals surface area contributed by atoms with E-state index in [1.807, 2.05) is 0 Å². The molecular formula is C25H42IN3O2. The minimum absolute atomic E-state index is 0. The average molecular weight is 544 g/mol. The number of guanidine groups is 1. The van der Waals surface area contributed by atoms with Crippen LogP contribution >= 0.6 is 24.0 Å². The number of benzene rings is 1. The van der Waals surface area contributed by atoms with Gasteiger partial charge in [-0.25, -0.2) is 0 Å². The molecule has 2 heterocycles. The number of hydrogen-bond donors (Lipinski definition) is 1. The van der Waals surface area contributed by atoms with Gasteiger partial charge in [0.2, 0.25) is 0 Å². The van der Waals surface area contributed by atoms with Crippen molar-refractivity contribution < 1.29 is 9.47 Å². The van der Waals surface area contributed by atoms with Gasteiger partial charge in [0.05, 0.1) is 25.4 Å². The Labute approximate surface area is 206 Å². The maximum atomic E-state index is 6.18. The van der Waals surface area contributed by atoms with Gasteiger partial charge in [-0.05, 0) is 57.1 Å². The minimum atomic E-state index is 0. The SMILES string of the molecule is CCNC(=NCC(C)(C)c1ccccc1C)N1CCC(OCC2CCCCO2)CC1.I. The second kappa shape index (κ2) is 13.0. The topological polar surface area (TPSA) is 46.1 Å². The fourth-order valence-corrected chi connectivity index (χ4v) is 4.53. The van der Waals surface area contributed by atoms with Crippen molar-refractivity contribution in [1.29, 1.82) is 0 Å². The number of nitrogens with zero attached hydrogens (tertiary/aromatic N) is 2. The van der Waals surface area contributed by atoms with Crippen LogP contribution in [0.15, 0.2) is 29.3 Å². The molecule has 0 bridgehead atoms. The number of halogens is 1. The van der Waals surface area contributed by atoms with Gasteiger partial charge in [0, 0.05) is 31.7 Å². The standard InChI is InChI=1S/C25H41N3O2.HI/c1-5-26-24(27-19-25(3,4)23-12-7-6-10-20(23)2)28-15-13-21(14-16-28)30-18-22-11-8-9-17-29-22;/h6-7,10,12,21-22H,5,8-9,11,13-19H2,1-4H3,(H,26,27);1H. The number of likely N-dealkylation sites (tertiary alicyclic amines) is 1. The first-order valence-corrected chi connectivity index (χ1v) is 11.8. The van der Waals surface area contributed by atoms with Gasteiger partial charge in [-0.3, -0.25) is 4.99 Å². The summed E-state index contributed by atoms with van der Waals surface area (Å²) in [4.78, 5) is 7.44. The monoisotopic (exact) mass is 543 g/mol. The molecule has 0 saturated carbocycles. The zero-order chi connectivity index (χ0) is 21.4. The van der Waals surface area contributed by atoms with Crippen molar-refractivity contribution in [2.45, 2.75) is 77.4 Å². The molecule has 0 radical (unpaired) electrons. The van der Waals surface area contributed by atoms with Gasteiger partial charge in [0.25, 0.3) is 0 Å². The molecule has 0 amide bonds. The van der Waals surface area contributed by atoms with Crippen molar-refractivity contribution in [1.82, 2.24) is 10.2 Å². The van der Waals surface area contributed by atoms with E-state index in [9.17, 15) is 0 Å². The summed E-state index contributed by atoms with van der Waals surface area (Å²) < 4.78 is 12.0. The van der Waals surface area contributed by atoms with Crippen molar-refractivity contribution in [2.75, 3.05) is 39.4 Å². The Morgan fingerprint density at radius 2 is 1.94 bits per heavy atom. The van der Waals surface area contributed by atoms with Crippen LogP contribution < -0.4 is 5.32 Å². The molecule has 31 heavy (non-hydrogen) atoms. The van der Waals surface area contributed by atoms with Crippen molar-refractivity contribution in [2.24, 2.45) is 4.99 Å². The summed E-state index contributed by atoms with van der Waals surface area (Å²) in [6.07, 6.45) is 6.37. The fraction of sp³-hybridized carbons (Fsp3) is 0.720. The first-order valence-electron chi connectivity index (χ1n) is 11.8. The molecule has 2 aliphatic heterocycles. The zero-order valence-corrected chi connectivity index (χ0v) is 22.2. The molecule has 1 atom stereocenters. The van der Waals surface area contributed by atoms with Gasteiger partial charge in [0.1, 0.15) is 0 Å². The molecule has 0 aromatic heterocycles. The predicted octanol–water partition coefficient (Wildman–Crippen LogP) is 4.91. The second-order valence-corrected chi connectivity index (χ2v) is 9.38. The highest BCUT2D eigenvalue weighted by atomic mass is 127. The highest BCUT2D eigenvalue weighted by Crippen LogP contribution is 2.26. The van der Waals surface area contributed by atoms with Crippen molar-refractivity contribution in [3.63, 3.8) is 0 Å².